The third kappa shape index (κ3) is 3.70. The summed E-state index contributed by atoms with van der Waals surface area (Å²) in [5.41, 5.74) is 1.76. The van der Waals surface area contributed by atoms with Crippen LogP contribution in [0, 0.1) is 0 Å². The Kier molecular flexibility index (Phi) is 5.28. The zero-order chi connectivity index (χ0) is 16.2. The second kappa shape index (κ2) is 6.99. The molecular formula is C14H21N5O2S. The Labute approximate surface area is 131 Å². The summed E-state index contributed by atoms with van der Waals surface area (Å²) in [4.78, 5) is 3.90. The van der Waals surface area contributed by atoms with E-state index in [4.69, 9.17) is 0 Å². The van der Waals surface area contributed by atoms with E-state index in [9.17, 15) is 8.42 Å². The van der Waals surface area contributed by atoms with Crippen LogP contribution in [0.3, 0.4) is 0 Å². The maximum Gasteiger partial charge on any atom is 0.279 e. The molecule has 2 aromatic rings. The highest BCUT2D eigenvalue weighted by Crippen LogP contribution is 2.16. The van der Waals surface area contributed by atoms with E-state index in [2.05, 4.69) is 14.8 Å². The average Bonchev–Trinajstić information content (AvgIpc) is 3.02. The van der Waals surface area contributed by atoms with Crippen molar-refractivity contribution in [3.05, 3.63) is 42.5 Å². The molecule has 0 saturated carbocycles. The second-order valence-corrected chi connectivity index (χ2v) is 6.56. The zero-order valence-corrected chi connectivity index (χ0v) is 13.8. The number of rotatable bonds is 7. The summed E-state index contributed by atoms with van der Waals surface area (Å²) in [6.07, 6.45) is 3.08. The number of nitrogens with zero attached hydrogens (tertiary/aromatic N) is 4. The van der Waals surface area contributed by atoms with E-state index in [1.807, 2.05) is 45.0 Å². The first-order valence-corrected chi connectivity index (χ1v) is 8.64. The highest BCUT2D eigenvalue weighted by Gasteiger charge is 2.21. The first-order chi connectivity index (χ1) is 10.5. The fourth-order valence-corrected chi connectivity index (χ4v) is 3.60. The standard InChI is InChI=1S/C14H21N5O2S/c1-4-18(5-2)22(20,21)17-12(3)13-6-8-14(9-7-13)19-11-15-10-16-19/h6-12,17H,4-5H2,1-3H3/t12-/m0/s1. The molecule has 120 valence electrons. The molecule has 0 saturated heterocycles. The van der Waals surface area contributed by atoms with Gasteiger partial charge in [0, 0.05) is 19.1 Å². The quantitative estimate of drug-likeness (QED) is 0.837. The number of hydrogen-bond donors (Lipinski definition) is 1. The van der Waals surface area contributed by atoms with Crippen LogP contribution in [0.2, 0.25) is 0 Å². The summed E-state index contributed by atoms with van der Waals surface area (Å²) in [6.45, 7) is 6.36. The molecular weight excluding hydrogens is 302 g/mol. The number of nitrogens with one attached hydrogen (secondary N) is 1. The predicted octanol–water partition coefficient (Wildman–Crippen LogP) is 1.50. The van der Waals surface area contributed by atoms with Crippen LogP contribution in [0.1, 0.15) is 32.4 Å². The minimum Gasteiger partial charge on any atom is -0.223 e. The maximum atomic E-state index is 12.2. The largest absolute Gasteiger partial charge is 0.279 e. The minimum absolute atomic E-state index is 0.310. The van der Waals surface area contributed by atoms with E-state index in [1.54, 1.807) is 11.0 Å². The van der Waals surface area contributed by atoms with Crippen molar-refractivity contribution in [3.8, 4) is 5.69 Å². The molecule has 0 unspecified atom stereocenters. The Morgan fingerprint density at radius 3 is 2.36 bits per heavy atom. The Morgan fingerprint density at radius 1 is 1.23 bits per heavy atom. The van der Waals surface area contributed by atoms with Gasteiger partial charge in [-0.15, -0.1) is 0 Å². The van der Waals surface area contributed by atoms with Crippen LogP contribution in [-0.4, -0.2) is 40.6 Å². The highest BCUT2D eigenvalue weighted by molar-refractivity contribution is 7.87. The topological polar surface area (TPSA) is 80.1 Å². The van der Waals surface area contributed by atoms with Gasteiger partial charge in [0.1, 0.15) is 12.7 Å². The van der Waals surface area contributed by atoms with Gasteiger partial charge in [0.2, 0.25) is 0 Å². The van der Waals surface area contributed by atoms with Crippen LogP contribution >= 0.6 is 0 Å². The summed E-state index contributed by atoms with van der Waals surface area (Å²) in [7, 11) is -3.47. The summed E-state index contributed by atoms with van der Waals surface area (Å²) < 4.78 is 30.2. The van der Waals surface area contributed by atoms with Gasteiger partial charge in [-0.25, -0.2) is 9.67 Å². The minimum atomic E-state index is -3.47. The van der Waals surface area contributed by atoms with Crippen molar-refractivity contribution < 1.29 is 8.42 Å². The molecule has 2 rings (SSSR count). The molecule has 22 heavy (non-hydrogen) atoms. The second-order valence-electron chi connectivity index (χ2n) is 4.86. The number of hydrogen-bond acceptors (Lipinski definition) is 4. The van der Waals surface area contributed by atoms with Gasteiger partial charge in [-0.05, 0) is 24.6 Å². The number of aromatic nitrogens is 3. The van der Waals surface area contributed by atoms with E-state index in [0.29, 0.717) is 13.1 Å². The summed E-state index contributed by atoms with van der Waals surface area (Å²) in [6, 6.07) is 7.22. The molecule has 0 aliphatic carbocycles. The molecule has 0 spiro atoms. The average molecular weight is 323 g/mol. The smallest absolute Gasteiger partial charge is 0.223 e. The molecule has 1 N–H and O–H groups in total. The van der Waals surface area contributed by atoms with Crippen molar-refractivity contribution in [2.75, 3.05) is 13.1 Å². The van der Waals surface area contributed by atoms with Crippen LogP contribution in [0.4, 0.5) is 0 Å². The number of benzene rings is 1. The van der Waals surface area contributed by atoms with E-state index >= 15 is 0 Å². The van der Waals surface area contributed by atoms with Crippen molar-refractivity contribution in [2.24, 2.45) is 0 Å². The van der Waals surface area contributed by atoms with Gasteiger partial charge in [-0.2, -0.15) is 22.5 Å². The third-order valence-electron chi connectivity index (χ3n) is 3.45. The van der Waals surface area contributed by atoms with Crippen molar-refractivity contribution in [1.29, 1.82) is 0 Å². The lowest BCUT2D eigenvalue weighted by molar-refractivity contribution is 0.429. The van der Waals surface area contributed by atoms with Gasteiger partial charge in [-0.3, -0.25) is 0 Å². The van der Waals surface area contributed by atoms with Crippen LogP contribution in [0.5, 0.6) is 0 Å². The first-order valence-electron chi connectivity index (χ1n) is 7.20. The van der Waals surface area contributed by atoms with Crippen LogP contribution in [0.15, 0.2) is 36.9 Å². The highest BCUT2D eigenvalue weighted by atomic mass is 32.2. The lowest BCUT2D eigenvalue weighted by Crippen LogP contribution is -2.41. The van der Waals surface area contributed by atoms with Crippen molar-refractivity contribution >= 4 is 10.2 Å². The van der Waals surface area contributed by atoms with Crippen LogP contribution < -0.4 is 4.72 Å². The molecule has 1 aromatic heterocycles. The maximum absolute atomic E-state index is 12.2. The van der Waals surface area contributed by atoms with E-state index in [-0.39, 0.29) is 6.04 Å². The summed E-state index contributed by atoms with van der Waals surface area (Å²) in [5.74, 6) is 0. The molecule has 1 heterocycles. The normalized spacial score (nSPS) is 13.5. The lowest BCUT2D eigenvalue weighted by Gasteiger charge is -2.22. The monoisotopic (exact) mass is 323 g/mol. The van der Waals surface area contributed by atoms with E-state index in [0.717, 1.165) is 11.3 Å². The first kappa shape index (κ1) is 16.6. The lowest BCUT2D eigenvalue weighted by atomic mass is 10.1. The SMILES string of the molecule is CCN(CC)S(=O)(=O)N[C@@H](C)c1ccc(-n2cncn2)cc1. The molecule has 0 aliphatic heterocycles. The van der Waals surface area contributed by atoms with E-state index in [1.165, 1.54) is 10.6 Å². The fraction of sp³-hybridized carbons (Fsp3) is 0.429. The molecule has 7 nitrogen and oxygen atoms in total. The molecule has 0 aliphatic rings. The Balaban J connectivity index is 2.11. The third-order valence-corrected chi connectivity index (χ3v) is 5.30. The molecule has 0 bridgehead atoms. The van der Waals surface area contributed by atoms with Gasteiger partial charge >= 0.3 is 0 Å². The van der Waals surface area contributed by atoms with Crippen LogP contribution in [-0.2, 0) is 10.2 Å². The molecule has 0 fully saturated rings. The molecule has 1 atom stereocenters. The Bertz CT molecular complexity index is 679. The molecule has 8 heteroatoms. The van der Waals surface area contributed by atoms with Gasteiger partial charge in [-0.1, -0.05) is 26.0 Å². The summed E-state index contributed by atoms with van der Waals surface area (Å²) in [5, 5.41) is 4.05. The van der Waals surface area contributed by atoms with E-state index < -0.39 is 10.2 Å². The van der Waals surface area contributed by atoms with Crippen molar-refractivity contribution in [3.63, 3.8) is 0 Å². The van der Waals surface area contributed by atoms with Gasteiger partial charge in [0.25, 0.3) is 10.2 Å². The molecule has 0 amide bonds. The predicted molar refractivity (Wildman–Crippen MR) is 84.8 cm³/mol. The van der Waals surface area contributed by atoms with Gasteiger partial charge in [0.15, 0.2) is 0 Å². The van der Waals surface area contributed by atoms with Crippen molar-refractivity contribution in [2.45, 2.75) is 26.8 Å². The van der Waals surface area contributed by atoms with Crippen molar-refractivity contribution in [1.82, 2.24) is 23.8 Å². The molecule has 1 aromatic carbocycles. The Morgan fingerprint density at radius 2 is 1.86 bits per heavy atom. The zero-order valence-electron chi connectivity index (χ0n) is 13.0. The summed E-state index contributed by atoms with van der Waals surface area (Å²) >= 11 is 0. The van der Waals surface area contributed by atoms with Gasteiger partial charge < -0.3 is 0 Å². The Hall–Kier alpha value is -1.77. The fourth-order valence-electron chi connectivity index (χ4n) is 2.19. The van der Waals surface area contributed by atoms with Gasteiger partial charge in [0.05, 0.1) is 5.69 Å². The molecule has 0 radical (unpaired) electrons. The van der Waals surface area contributed by atoms with Crippen LogP contribution in [0.25, 0.3) is 5.69 Å².